The van der Waals surface area contributed by atoms with Crippen molar-refractivity contribution in [2.75, 3.05) is 31.1 Å². The smallest absolute Gasteiger partial charge is 0.0779 e. The van der Waals surface area contributed by atoms with Crippen LogP contribution in [0.25, 0.3) is 0 Å². The van der Waals surface area contributed by atoms with Gasteiger partial charge >= 0.3 is 0 Å². The first-order chi connectivity index (χ1) is 9.75. The molecule has 110 valence electrons. The summed E-state index contributed by atoms with van der Waals surface area (Å²) < 4.78 is 5.85. The van der Waals surface area contributed by atoms with Crippen LogP contribution in [0.1, 0.15) is 32.6 Å². The molecule has 1 aromatic rings. The number of nitrogens with zero attached hydrogens (tertiary/aromatic N) is 1. The molecule has 2 aliphatic rings. The molecule has 0 aromatic heterocycles. The van der Waals surface area contributed by atoms with Crippen molar-refractivity contribution in [3.05, 3.63) is 30.3 Å². The molecule has 1 aromatic carbocycles. The number of hydrogen-bond acceptors (Lipinski definition) is 3. The summed E-state index contributed by atoms with van der Waals surface area (Å²) in [5, 5.41) is 3.72. The lowest BCUT2D eigenvalue weighted by Gasteiger charge is -2.35. The summed E-state index contributed by atoms with van der Waals surface area (Å²) in [5.74, 6) is 0. The average Bonchev–Trinajstić information content (AvgIpc) is 2.94. The summed E-state index contributed by atoms with van der Waals surface area (Å²) in [4.78, 5) is 2.49. The van der Waals surface area contributed by atoms with Crippen LogP contribution < -0.4 is 10.2 Å². The molecule has 2 heterocycles. The summed E-state index contributed by atoms with van der Waals surface area (Å²) in [6, 6.07) is 11.4. The number of benzene rings is 1. The third kappa shape index (κ3) is 3.33. The van der Waals surface area contributed by atoms with E-state index < -0.39 is 0 Å². The highest BCUT2D eigenvalue weighted by molar-refractivity contribution is 5.46. The lowest BCUT2D eigenvalue weighted by Crippen LogP contribution is -2.47. The Morgan fingerprint density at radius 1 is 1.25 bits per heavy atom. The first-order valence-electron chi connectivity index (χ1n) is 7.93. The molecule has 0 saturated carbocycles. The Morgan fingerprint density at radius 2 is 2.00 bits per heavy atom. The van der Waals surface area contributed by atoms with Gasteiger partial charge in [0.2, 0.25) is 0 Å². The normalized spacial score (nSPS) is 27.9. The van der Waals surface area contributed by atoms with Crippen LogP contribution in [0.4, 0.5) is 5.69 Å². The highest BCUT2D eigenvalue weighted by Gasteiger charge is 2.30. The molecular formula is C17H26N2O. The van der Waals surface area contributed by atoms with Gasteiger partial charge in [-0.1, -0.05) is 18.2 Å². The van der Waals surface area contributed by atoms with Crippen LogP contribution in [0, 0.1) is 0 Å². The lowest BCUT2D eigenvalue weighted by atomic mass is 10.00. The van der Waals surface area contributed by atoms with E-state index in [1.165, 1.54) is 31.4 Å². The fourth-order valence-electron chi connectivity index (χ4n) is 3.32. The highest BCUT2D eigenvalue weighted by Crippen LogP contribution is 2.25. The van der Waals surface area contributed by atoms with Crippen molar-refractivity contribution in [2.45, 2.75) is 44.2 Å². The molecule has 0 radical (unpaired) electrons. The van der Waals surface area contributed by atoms with Crippen molar-refractivity contribution < 1.29 is 4.74 Å². The molecule has 3 heteroatoms. The maximum absolute atomic E-state index is 5.85. The molecule has 0 spiro atoms. The topological polar surface area (TPSA) is 24.5 Å². The number of piperidine rings is 1. The first-order valence-corrected chi connectivity index (χ1v) is 7.93. The standard InChI is InChI=1S/C17H26N2O/c1-17(10-5-13-20-17)14-18-15-8-11-19(12-9-15)16-6-3-2-4-7-16/h2-4,6-7,15,18H,5,8-14H2,1H3. The van der Waals surface area contributed by atoms with Gasteiger partial charge in [-0.15, -0.1) is 0 Å². The minimum Gasteiger partial charge on any atom is -0.374 e. The van der Waals surface area contributed by atoms with Crippen LogP contribution in [0.5, 0.6) is 0 Å². The van der Waals surface area contributed by atoms with Gasteiger partial charge in [0, 0.05) is 38.0 Å². The molecule has 3 rings (SSSR count). The number of para-hydroxylation sites is 1. The second kappa shape index (κ2) is 6.15. The largest absolute Gasteiger partial charge is 0.374 e. The second-order valence-electron chi connectivity index (χ2n) is 6.38. The number of nitrogens with one attached hydrogen (secondary N) is 1. The van der Waals surface area contributed by atoms with E-state index in [4.69, 9.17) is 4.74 Å². The molecule has 0 aliphatic carbocycles. The predicted molar refractivity (Wildman–Crippen MR) is 83.3 cm³/mol. The van der Waals surface area contributed by atoms with Crippen LogP contribution in [-0.4, -0.2) is 37.9 Å². The monoisotopic (exact) mass is 274 g/mol. The highest BCUT2D eigenvalue weighted by atomic mass is 16.5. The van der Waals surface area contributed by atoms with Crippen LogP contribution in [-0.2, 0) is 4.74 Å². The third-order valence-corrected chi connectivity index (χ3v) is 4.68. The molecule has 1 atom stereocenters. The third-order valence-electron chi connectivity index (χ3n) is 4.68. The fourth-order valence-corrected chi connectivity index (χ4v) is 3.32. The Balaban J connectivity index is 1.44. The van der Waals surface area contributed by atoms with E-state index in [1.807, 2.05) is 0 Å². The molecule has 2 aliphatic heterocycles. The second-order valence-corrected chi connectivity index (χ2v) is 6.38. The minimum absolute atomic E-state index is 0.0799. The Morgan fingerprint density at radius 3 is 2.65 bits per heavy atom. The quantitative estimate of drug-likeness (QED) is 0.913. The Hall–Kier alpha value is -1.06. The molecule has 20 heavy (non-hydrogen) atoms. The number of anilines is 1. The number of hydrogen-bond donors (Lipinski definition) is 1. The SMILES string of the molecule is CC1(CNC2CCN(c3ccccc3)CC2)CCCO1. The van der Waals surface area contributed by atoms with E-state index in [0.717, 1.165) is 26.2 Å². The maximum atomic E-state index is 5.85. The molecule has 1 N–H and O–H groups in total. The van der Waals surface area contributed by atoms with Gasteiger partial charge < -0.3 is 15.0 Å². The molecule has 0 bridgehead atoms. The van der Waals surface area contributed by atoms with E-state index in [9.17, 15) is 0 Å². The van der Waals surface area contributed by atoms with Crippen LogP contribution in [0.3, 0.4) is 0 Å². The van der Waals surface area contributed by atoms with Crippen LogP contribution in [0.15, 0.2) is 30.3 Å². The van der Waals surface area contributed by atoms with Crippen LogP contribution in [0.2, 0.25) is 0 Å². The predicted octanol–water partition coefficient (Wildman–Crippen LogP) is 2.81. The molecular weight excluding hydrogens is 248 g/mol. The average molecular weight is 274 g/mol. The number of rotatable bonds is 4. The molecule has 0 amide bonds. The molecule has 1 unspecified atom stereocenters. The van der Waals surface area contributed by atoms with Crippen molar-refractivity contribution in [3.8, 4) is 0 Å². The number of ether oxygens (including phenoxy) is 1. The Labute approximate surface area is 122 Å². The van der Waals surface area contributed by atoms with Gasteiger partial charge in [-0.2, -0.15) is 0 Å². The van der Waals surface area contributed by atoms with E-state index in [0.29, 0.717) is 6.04 Å². The summed E-state index contributed by atoms with van der Waals surface area (Å²) >= 11 is 0. The first kappa shape index (κ1) is 13.9. The van der Waals surface area contributed by atoms with Gasteiger partial charge in [-0.05, 0) is 44.7 Å². The van der Waals surface area contributed by atoms with Crippen LogP contribution >= 0.6 is 0 Å². The van der Waals surface area contributed by atoms with Gasteiger partial charge in [-0.3, -0.25) is 0 Å². The van der Waals surface area contributed by atoms with E-state index in [-0.39, 0.29) is 5.60 Å². The zero-order chi connectivity index (χ0) is 13.8. The summed E-state index contributed by atoms with van der Waals surface area (Å²) in [6.45, 7) is 6.48. The van der Waals surface area contributed by atoms with Gasteiger partial charge in [0.25, 0.3) is 0 Å². The van der Waals surface area contributed by atoms with Crippen molar-refractivity contribution >= 4 is 5.69 Å². The van der Waals surface area contributed by atoms with Gasteiger partial charge in [0.15, 0.2) is 0 Å². The lowest BCUT2D eigenvalue weighted by molar-refractivity contribution is 0.0181. The fraction of sp³-hybridized carbons (Fsp3) is 0.647. The van der Waals surface area contributed by atoms with E-state index >= 15 is 0 Å². The van der Waals surface area contributed by atoms with Crippen molar-refractivity contribution in [1.29, 1.82) is 0 Å². The Bertz CT molecular complexity index is 406. The van der Waals surface area contributed by atoms with E-state index in [1.54, 1.807) is 0 Å². The zero-order valence-corrected chi connectivity index (χ0v) is 12.5. The summed E-state index contributed by atoms with van der Waals surface area (Å²) in [6.07, 6.45) is 4.86. The zero-order valence-electron chi connectivity index (χ0n) is 12.5. The van der Waals surface area contributed by atoms with Crippen molar-refractivity contribution in [1.82, 2.24) is 5.32 Å². The van der Waals surface area contributed by atoms with Gasteiger partial charge in [-0.25, -0.2) is 0 Å². The Kier molecular flexibility index (Phi) is 4.27. The van der Waals surface area contributed by atoms with Gasteiger partial charge in [0.1, 0.15) is 0 Å². The molecule has 3 nitrogen and oxygen atoms in total. The summed E-state index contributed by atoms with van der Waals surface area (Å²) in [5.41, 5.74) is 1.44. The van der Waals surface area contributed by atoms with Crippen molar-refractivity contribution in [2.24, 2.45) is 0 Å². The molecule has 2 saturated heterocycles. The van der Waals surface area contributed by atoms with E-state index in [2.05, 4.69) is 47.5 Å². The maximum Gasteiger partial charge on any atom is 0.0779 e. The summed E-state index contributed by atoms with van der Waals surface area (Å²) in [7, 11) is 0. The van der Waals surface area contributed by atoms with Gasteiger partial charge in [0.05, 0.1) is 5.60 Å². The van der Waals surface area contributed by atoms with Crippen molar-refractivity contribution in [3.63, 3.8) is 0 Å². The minimum atomic E-state index is 0.0799. The molecule has 2 fully saturated rings.